The van der Waals surface area contributed by atoms with Gasteiger partial charge >= 0.3 is 0 Å². The average molecular weight is 289 g/mol. The van der Waals surface area contributed by atoms with Crippen molar-refractivity contribution in [2.24, 2.45) is 0 Å². The highest BCUT2D eigenvalue weighted by Crippen LogP contribution is 2.36. The zero-order chi connectivity index (χ0) is 14.1. The third kappa shape index (κ3) is 2.52. The Morgan fingerprint density at radius 2 is 2.00 bits per heavy atom. The maximum Gasteiger partial charge on any atom is 0.123 e. The van der Waals surface area contributed by atoms with E-state index in [2.05, 4.69) is 11.4 Å². The molecule has 0 spiro atoms. The van der Waals surface area contributed by atoms with Gasteiger partial charge in [0, 0.05) is 9.75 Å². The van der Waals surface area contributed by atoms with E-state index in [0.29, 0.717) is 0 Å². The molecule has 3 rings (SSSR count). The van der Waals surface area contributed by atoms with Crippen LogP contribution in [-0.4, -0.2) is 7.05 Å². The second-order valence-electron chi connectivity index (χ2n) is 5.53. The van der Waals surface area contributed by atoms with Crippen molar-refractivity contribution in [3.05, 3.63) is 56.5 Å². The van der Waals surface area contributed by atoms with Crippen LogP contribution in [0.4, 0.5) is 4.39 Å². The largest absolute Gasteiger partial charge is 0.309 e. The van der Waals surface area contributed by atoms with Crippen molar-refractivity contribution in [3.63, 3.8) is 0 Å². The van der Waals surface area contributed by atoms with Crippen molar-refractivity contribution in [2.75, 3.05) is 7.05 Å². The molecule has 1 aliphatic carbocycles. The highest BCUT2D eigenvalue weighted by molar-refractivity contribution is 7.12. The van der Waals surface area contributed by atoms with Crippen LogP contribution in [-0.2, 0) is 12.8 Å². The summed E-state index contributed by atoms with van der Waals surface area (Å²) in [6, 6.07) is 7.48. The lowest BCUT2D eigenvalue weighted by Crippen LogP contribution is -2.17. The molecule has 0 amide bonds. The van der Waals surface area contributed by atoms with Gasteiger partial charge in [-0.25, -0.2) is 4.39 Å². The molecule has 0 aliphatic heterocycles. The number of nitrogens with one attached hydrogen (secondary N) is 1. The lowest BCUT2D eigenvalue weighted by molar-refractivity contribution is 0.616. The van der Waals surface area contributed by atoms with Gasteiger partial charge in [-0.15, -0.1) is 11.3 Å². The zero-order valence-electron chi connectivity index (χ0n) is 12.0. The second-order valence-corrected chi connectivity index (χ2v) is 6.70. The molecule has 1 aromatic heterocycles. The number of hydrogen-bond acceptors (Lipinski definition) is 2. The van der Waals surface area contributed by atoms with Gasteiger partial charge in [0.15, 0.2) is 0 Å². The molecule has 0 saturated heterocycles. The van der Waals surface area contributed by atoms with E-state index in [1.165, 1.54) is 47.1 Å². The maximum absolute atomic E-state index is 13.6. The van der Waals surface area contributed by atoms with E-state index < -0.39 is 0 Å². The number of hydrogen-bond donors (Lipinski definition) is 1. The van der Waals surface area contributed by atoms with E-state index in [4.69, 9.17) is 0 Å². The van der Waals surface area contributed by atoms with E-state index in [1.54, 1.807) is 6.07 Å². The predicted octanol–water partition coefficient (Wildman–Crippen LogP) is 4.38. The fourth-order valence-corrected chi connectivity index (χ4v) is 4.42. The molecule has 1 atom stereocenters. The van der Waals surface area contributed by atoms with Gasteiger partial charge in [-0.05, 0) is 74.5 Å². The first-order valence-corrected chi connectivity index (χ1v) is 8.05. The molecular formula is C17H20FNS. The standard InChI is InChI=1S/C17H20FNS/c1-11-7-8-13(18)10-14(11)17(19-2)16-9-12-5-3-4-6-15(12)20-16/h7-10,17,19H,3-6H2,1-2H3. The third-order valence-electron chi connectivity index (χ3n) is 4.14. The lowest BCUT2D eigenvalue weighted by Gasteiger charge is -2.17. The molecule has 0 bridgehead atoms. The van der Waals surface area contributed by atoms with Crippen LogP contribution in [0.5, 0.6) is 0 Å². The first kappa shape index (κ1) is 13.8. The summed E-state index contributed by atoms with van der Waals surface area (Å²) in [6.07, 6.45) is 5.01. The summed E-state index contributed by atoms with van der Waals surface area (Å²) in [7, 11) is 1.95. The summed E-state index contributed by atoms with van der Waals surface area (Å²) in [5, 5.41) is 3.36. The van der Waals surface area contributed by atoms with E-state index >= 15 is 0 Å². The van der Waals surface area contributed by atoms with E-state index in [0.717, 1.165) is 11.1 Å². The van der Waals surface area contributed by atoms with Crippen LogP contribution < -0.4 is 5.32 Å². The maximum atomic E-state index is 13.6. The summed E-state index contributed by atoms with van der Waals surface area (Å²) in [4.78, 5) is 2.84. The predicted molar refractivity (Wildman–Crippen MR) is 83.0 cm³/mol. The highest BCUT2D eigenvalue weighted by atomic mass is 32.1. The molecular weight excluding hydrogens is 269 g/mol. The number of thiophene rings is 1. The van der Waals surface area contributed by atoms with Crippen LogP contribution >= 0.6 is 11.3 Å². The minimum absolute atomic E-state index is 0.0984. The molecule has 3 heteroatoms. The zero-order valence-corrected chi connectivity index (χ0v) is 12.8. The van der Waals surface area contributed by atoms with E-state index in [9.17, 15) is 4.39 Å². The lowest BCUT2D eigenvalue weighted by atomic mass is 9.96. The Labute approximate surface area is 123 Å². The van der Waals surface area contributed by atoms with E-state index in [-0.39, 0.29) is 11.9 Å². The molecule has 0 fully saturated rings. The third-order valence-corrected chi connectivity index (χ3v) is 5.44. The Balaban J connectivity index is 2.01. The smallest absolute Gasteiger partial charge is 0.123 e. The Hall–Kier alpha value is -1.19. The summed E-state index contributed by atoms with van der Waals surface area (Å²) >= 11 is 1.89. The Kier molecular flexibility index (Phi) is 3.90. The molecule has 1 aromatic carbocycles. The average Bonchev–Trinajstić information content (AvgIpc) is 2.87. The van der Waals surface area contributed by atoms with Crippen LogP contribution in [0.1, 0.15) is 45.3 Å². The molecule has 2 aromatic rings. The second kappa shape index (κ2) is 5.66. The van der Waals surface area contributed by atoms with Gasteiger partial charge in [-0.3, -0.25) is 0 Å². The Morgan fingerprint density at radius 1 is 1.20 bits per heavy atom. The van der Waals surface area contributed by atoms with Crippen LogP contribution in [0.3, 0.4) is 0 Å². The quantitative estimate of drug-likeness (QED) is 0.884. The van der Waals surface area contributed by atoms with Crippen LogP contribution in [0.25, 0.3) is 0 Å². The van der Waals surface area contributed by atoms with Gasteiger partial charge in [-0.1, -0.05) is 6.07 Å². The van der Waals surface area contributed by atoms with E-state index in [1.807, 2.05) is 31.4 Å². The summed E-state index contributed by atoms with van der Waals surface area (Å²) < 4.78 is 13.6. The molecule has 1 nitrogen and oxygen atoms in total. The number of fused-ring (bicyclic) bond motifs is 1. The van der Waals surface area contributed by atoms with Gasteiger partial charge in [0.2, 0.25) is 0 Å². The van der Waals surface area contributed by atoms with Crippen molar-refractivity contribution in [1.29, 1.82) is 0 Å². The number of rotatable bonds is 3. The van der Waals surface area contributed by atoms with Gasteiger partial charge in [0.25, 0.3) is 0 Å². The molecule has 106 valence electrons. The van der Waals surface area contributed by atoms with Crippen molar-refractivity contribution in [2.45, 2.75) is 38.6 Å². The Bertz CT molecular complexity index is 594. The highest BCUT2D eigenvalue weighted by Gasteiger charge is 2.21. The molecule has 1 heterocycles. The van der Waals surface area contributed by atoms with Crippen molar-refractivity contribution >= 4 is 11.3 Å². The molecule has 0 radical (unpaired) electrons. The molecule has 1 unspecified atom stereocenters. The number of aryl methyl sites for hydroxylation is 3. The first-order chi connectivity index (χ1) is 9.69. The van der Waals surface area contributed by atoms with Crippen molar-refractivity contribution in [1.82, 2.24) is 5.32 Å². The first-order valence-electron chi connectivity index (χ1n) is 7.24. The minimum atomic E-state index is -0.160. The van der Waals surface area contributed by atoms with Crippen LogP contribution in [0, 0.1) is 12.7 Å². The van der Waals surface area contributed by atoms with Gasteiger partial charge in [0.1, 0.15) is 5.82 Å². The fraction of sp³-hybridized carbons (Fsp3) is 0.412. The van der Waals surface area contributed by atoms with Gasteiger partial charge in [0.05, 0.1) is 6.04 Å². The molecule has 1 N–H and O–H groups in total. The SMILES string of the molecule is CNC(c1cc2c(s1)CCCC2)c1cc(F)ccc1C. The molecule has 1 aliphatic rings. The van der Waals surface area contributed by atoms with Gasteiger partial charge < -0.3 is 5.32 Å². The van der Waals surface area contributed by atoms with Crippen LogP contribution in [0.15, 0.2) is 24.3 Å². The van der Waals surface area contributed by atoms with Crippen LogP contribution in [0.2, 0.25) is 0 Å². The van der Waals surface area contributed by atoms with Crippen molar-refractivity contribution in [3.8, 4) is 0 Å². The number of halogens is 1. The summed E-state index contributed by atoms with van der Waals surface area (Å²) in [6.45, 7) is 2.05. The number of benzene rings is 1. The Morgan fingerprint density at radius 3 is 2.75 bits per heavy atom. The molecule has 0 saturated carbocycles. The molecule has 20 heavy (non-hydrogen) atoms. The summed E-state index contributed by atoms with van der Waals surface area (Å²) in [5.74, 6) is -0.160. The van der Waals surface area contributed by atoms with Gasteiger partial charge in [-0.2, -0.15) is 0 Å². The summed E-state index contributed by atoms with van der Waals surface area (Å²) in [5.41, 5.74) is 3.69. The topological polar surface area (TPSA) is 12.0 Å². The normalized spacial score (nSPS) is 15.9. The fourth-order valence-electron chi connectivity index (χ4n) is 3.03. The minimum Gasteiger partial charge on any atom is -0.309 e. The monoisotopic (exact) mass is 289 g/mol. The van der Waals surface area contributed by atoms with Crippen molar-refractivity contribution < 1.29 is 4.39 Å².